The second-order valence-electron chi connectivity index (χ2n) is 5.08. The number of hydrogen-bond donors (Lipinski definition) is 3. The number of rotatable bonds is 2. The Morgan fingerprint density at radius 3 is 2.43 bits per heavy atom. The van der Waals surface area contributed by atoms with Crippen LogP contribution in [0.15, 0.2) is 30.3 Å². The van der Waals surface area contributed by atoms with Crippen LogP contribution >= 0.6 is 0 Å². The van der Waals surface area contributed by atoms with Gasteiger partial charge in [-0.2, -0.15) is 0 Å². The highest BCUT2D eigenvalue weighted by Crippen LogP contribution is 2.30. The summed E-state index contributed by atoms with van der Waals surface area (Å²) in [5.74, 6) is -0.0781. The molecule has 0 bridgehead atoms. The number of benzene rings is 2. The highest BCUT2D eigenvalue weighted by molar-refractivity contribution is 5.93. The third-order valence-electron chi connectivity index (χ3n) is 3.48. The summed E-state index contributed by atoms with van der Waals surface area (Å²) < 4.78 is 0. The fourth-order valence-corrected chi connectivity index (χ4v) is 2.58. The molecule has 1 heterocycles. The predicted molar refractivity (Wildman–Crippen MR) is 79.6 cm³/mol. The zero-order valence-electron chi connectivity index (χ0n) is 11.6. The van der Waals surface area contributed by atoms with Crippen molar-refractivity contribution >= 4 is 17.0 Å². The van der Waals surface area contributed by atoms with Gasteiger partial charge in [0.1, 0.15) is 11.6 Å². The van der Waals surface area contributed by atoms with Crippen LogP contribution in [-0.4, -0.2) is 26.2 Å². The molecule has 21 heavy (non-hydrogen) atoms. The van der Waals surface area contributed by atoms with Gasteiger partial charge in [-0.3, -0.25) is 0 Å². The van der Waals surface area contributed by atoms with Gasteiger partial charge in [-0.25, -0.2) is 9.78 Å². The number of imidazole rings is 1. The van der Waals surface area contributed by atoms with E-state index in [0.717, 1.165) is 16.7 Å². The van der Waals surface area contributed by atoms with Gasteiger partial charge < -0.3 is 15.2 Å². The molecule has 106 valence electrons. The number of aromatic hydroxyl groups is 1. The Morgan fingerprint density at radius 1 is 1.14 bits per heavy atom. The lowest BCUT2D eigenvalue weighted by atomic mass is 10.0. The molecule has 3 N–H and O–H groups in total. The molecule has 2 aromatic carbocycles. The second-order valence-corrected chi connectivity index (χ2v) is 5.08. The molecule has 0 spiro atoms. The molecule has 0 saturated heterocycles. The van der Waals surface area contributed by atoms with Gasteiger partial charge in [0.2, 0.25) is 0 Å². The smallest absolute Gasteiger partial charge is 0.335 e. The van der Waals surface area contributed by atoms with Crippen molar-refractivity contribution in [1.29, 1.82) is 0 Å². The van der Waals surface area contributed by atoms with Crippen LogP contribution in [-0.2, 0) is 0 Å². The van der Waals surface area contributed by atoms with Gasteiger partial charge in [0.25, 0.3) is 0 Å². The Labute approximate surface area is 120 Å². The molecule has 0 amide bonds. The number of carboxylic acid groups (broad SMARTS) is 1. The van der Waals surface area contributed by atoms with Crippen molar-refractivity contribution in [3.8, 4) is 17.1 Å². The van der Waals surface area contributed by atoms with Gasteiger partial charge in [-0.15, -0.1) is 0 Å². The van der Waals surface area contributed by atoms with E-state index in [2.05, 4.69) is 9.97 Å². The summed E-state index contributed by atoms with van der Waals surface area (Å²) in [6.45, 7) is 3.80. The van der Waals surface area contributed by atoms with Gasteiger partial charge in [-0.05, 0) is 55.3 Å². The van der Waals surface area contributed by atoms with Crippen LogP contribution in [0.25, 0.3) is 22.4 Å². The number of fused-ring (bicyclic) bond motifs is 1. The van der Waals surface area contributed by atoms with Crippen LogP contribution < -0.4 is 0 Å². The summed E-state index contributed by atoms with van der Waals surface area (Å²) in [5.41, 5.74) is 4.34. The van der Waals surface area contributed by atoms with Crippen LogP contribution in [0, 0.1) is 13.8 Å². The predicted octanol–water partition coefficient (Wildman–Crippen LogP) is 3.25. The van der Waals surface area contributed by atoms with Gasteiger partial charge in [0.15, 0.2) is 0 Å². The van der Waals surface area contributed by atoms with Gasteiger partial charge >= 0.3 is 5.97 Å². The van der Waals surface area contributed by atoms with Crippen LogP contribution in [0.3, 0.4) is 0 Å². The molecule has 0 atom stereocenters. The number of aryl methyl sites for hydroxylation is 2. The van der Waals surface area contributed by atoms with E-state index in [0.29, 0.717) is 16.9 Å². The number of carbonyl (C=O) groups is 1. The number of phenolic OH excluding ortho intramolecular Hbond substituents is 1. The summed E-state index contributed by atoms with van der Waals surface area (Å²) >= 11 is 0. The largest absolute Gasteiger partial charge is 0.508 e. The normalized spacial score (nSPS) is 11.0. The monoisotopic (exact) mass is 282 g/mol. The average Bonchev–Trinajstić information content (AvgIpc) is 2.79. The SMILES string of the molecule is Cc1cc(O)cc(C)c1-c1nc2ccc(C(=O)O)cc2[nH]1. The maximum absolute atomic E-state index is 11.0. The lowest BCUT2D eigenvalue weighted by molar-refractivity contribution is 0.0697. The molecule has 5 nitrogen and oxygen atoms in total. The Hall–Kier alpha value is -2.82. The number of H-pyrrole nitrogens is 1. The maximum atomic E-state index is 11.0. The molecular weight excluding hydrogens is 268 g/mol. The highest BCUT2D eigenvalue weighted by atomic mass is 16.4. The third-order valence-corrected chi connectivity index (χ3v) is 3.48. The van der Waals surface area contributed by atoms with Crippen molar-refractivity contribution < 1.29 is 15.0 Å². The van der Waals surface area contributed by atoms with Crippen LogP contribution in [0.5, 0.6) is 5.75 Å². The number of nitrogens with one attached hydrogen (secondary N) is 1. The number of aromatic amines is 1. The van der Waals surface area contributed by atoms with Gasteiger partial charge in [-0.1, -0.05) is 0 Å². The number of phenols is 1. The standard InChI is InChI=1S/C16H14N2O3/c1-8-5-11(19)6-9(2)14(8)15-17-12-4-3-10(16(20)21)7-13(12)18-15/h3-7,19H,1-2H3,(H,17,18)(H,20,21). The molecule has 0 aliphatic rings. The number of nitrogens with zero attached hydrogens (tertiary/aromatic N) is 1. The highest BCUT2D eigenvalue weighted by Gasteiger charge is 2.13. The first kappa shape index (κ1) is 13.2. The summed E-state index contributed by atoms with van der Waals surface area (Å²) in [5, 5.41) is 18.6. The van der Waals surface area contributed by atoms with E-state index in [4.69, 9.17) is 5.11 Å². The Bertz CT molecular complexity index is 842. The molecule has 3 aromatic rings. The molecule has 0 fully saturated rings. The molecule has 0 aliphatic carbocycles. The lowest BCUT2D eigenvalue weighted by Gasteiger charge is -2.07. The van der Waals surface area contributed by atoms with Crippen molar-refractivity contribution in [2.75, 3.05) is 0 Å². The minimum absolute atomic E-state index is 0.219. The average molecular weight is 282 g/mol. The first-order valence-corrected chi connectivity index (χ1v) is 6.49. The molecule has 3 rings (SSSR count). The Balaban J connectivity index is 2.20. The first-order valence-electron chi connectivity index (χ1n) is 6.49. The zero-order valence-corrected chi connectivity index (χ0v) is 11.6. The minimum atomic E-state index is -0.968. The fourth-order valence-electron chi connectivity index (χ4n) is 2.58. The summed E-state index contributed by atoms with van der Waals surface area (Å²) in [4.78, 5) is 18.7. The van der Waals surface area contributed by atoms with Crippen molar-refractivity contribution in [2.24, 2.45) is 0 Å². The second kappa shape index (κ2) is 4.63. The summed E-state index contributed by atoms with van der Waals surface area (Å²) in [6, 6.07) is 8.14. The summed E-state index contributed by atoms with van der Waals surface area (Å²) in [6.07, 6.45) is 0. The molecular formula is C16H14N2O3. The van der Waals surface area contributed by atoms with E-state index in [1.165, 1.54) is 6.07 Å². The van der Waals surface area contributed by atoms with E-state index in [1.807, 2.05) is 13.8 Å². The van der Waals surface area contributed by atoms with Gasteiger partial charge in [0, 0.05) is 5.56 Å². The molecule has 1 aromatic heterocycles. The van der Waals surface area contributed by atoms with Crippen LogP contribution in [0.2, 0.25) is 0 Å². The number of hydrogen-bond acceptors (Lipinski definition) is 3. The number of aromatic nitrogens is 2. The van der Waals surface area contributed by atoms with Crippen LogP contribution in [0.1, 0.15) is 21.5 Å². The van der Waals surface area contributed by atoms with Crippen molar-refractivity contribution in [3.05, 3.63) is 47.0 Å². The maximum Gasteiger partial charge on any atom is 0.335 e. The quantitative estimate of drug-likeness (QED) is 0.673. The van der Waals surface area contributed by atoms with E-state index in [1.54, 1.807) is 24.3 Å². The molecule has 5 heteroatoms. The minimum Gasteiger partial charge on any atom is -0.508 e. The van der Waals surface area contributed by atoms with E-state index in [9.17, 15) is 9.90 Å². The first-order chi connectivity index (χ1) is 9.95. The van der Waals surface area contributed by atoms with E-state index >= 15 is 0 Å². The Kier molecular flexibility index (Phi) is 2.90. The van der Waals surface area contributed by atoms with E-state index in [-0.39, 0.29) is 11.3 Å². The lowest BCUT2D eigenvalue weighted by Crippen LogP contribution is -1.94. The topological polar surface area (TPSA) is 86.2 Å². The van der Waals surface area contributed by atoms with Crippen molar-refractivity contribution in [1.82, 2.24) is 9.97 Å². The van der Waals surface area contributed by atoms with Gasteiger partial charge in [0.05, 0.1) is 16.6 Å². The van der Waals surface area contributed by atoms with E-state index < -0.39 is 5.97 Å². The molecule has 0 saturated carbocycles. The molecule has 0 unspecified atom stereocenters. The number of carboxylic acids is 1. The third kappa shape index (κ3) is 2.23. The van der Waals surface area contributed by atoms with Crippen molar-refractivity contribution in [3.63, 3.8) is 0 Å². The zero-order chi connectivity index (χ0) is 15.1. The summed E-state index contributed by atoms with van der Waals surface area (Å²) in [7, 11) is 0. The van der Waals surface area contributed by atoms with Crippen molar-refractivity contribution in [2.45, 2.75) is 13.8 Å². The fraction of sp³-hybridized carbons (Fsp3) is 0.125. The van der Waals surface area contributed by atoms with Crippen LogP contribution in [0.4, 0.5) is 0 Å². The molecule has 0 radical (unpaired) electrons. The number of aromatic carboxylic acids is 1. The Morgan fingerprint density at radius 2 is 1.81 bits per heavy atom. The molecule has 0 aliphatic heterocycles.